The third kappa shape index (κ3) is 2.91. The van der Waals surface area contributed by atoms with Crippen LogP contribution in [-0.4, -0.2) is 19.7 Å². The van der Waals surface area contributed by atoms with Gasteiger partial charge in [-0.2, -0.15) is 14.0 Å². The standard InChI is InChI=1S/C11H9F2NO3/c1-6-3-7(5-14)9(10(15)16-2)8(4-6)17-11(12)13/h3-4,11H,1-2H3. The predicted molar refractivity (Wildman–Crippen MR) is 53.9 cm³/mol. The molecule has 0 aliphatic rings. The zero-order valence-electron chi connectivity index (χ0n) is 9.16. The number of halogens is 2. The van der Waals surface area contributed by atoms with Crippen LogP contribution in [0.5, 0.6) is 5.75 Å². The second-order valence-corrected chi connectivity index (χ2v) is 3.17. The fraction of sp³-hybridized carbons (Fsp3) is 0.273. The van der Waals surface area contributed by atoms with Gasteiger partial charge in [-0.3, -0.25) is 0 Å². The molecular weight excluding hydrogens is 232 g/mol. The number of hydrogen-bond donors (Lipinski definition) is 0. The van der Waals surface area contributed by atoms with Crippen molar-refractivity contribution in [3.8, 4) is 11.8 Å². The van der Waals surface area contributed by atoms with Crippen molar-refractivity contribution in [2.45, 2.75) is 13.5 Å². The van der Waals surface area contributed by atoms with E-state index in [2.05, 4.69) is 9.47 Å². The van der Waals surface area contributed by atoms with E-state index in [1.165, 1.54) is 12.1 Å². The Morgan fingerprint density at radius 1 is 1.47 bits per heavy atom. The highest BCUT2D eigenvalue weighted by atomic mass is 19.3. The van der Waals surface area contributed by atoms with Crippen LogP contribution in [0.15, 0.2) is 12.1 Å². The number of benzene rings is 1. The quantitative estimate of drug-likeness (QED) is 0.761. The van der Waals surface area contributed by atoms with E-state index in [-0.39, 0.29) is 16.9 Å². The molecule has 0 aliphatic carbocycles. The van der Waals surface area contributed by atoms with Crippen molar-refractivity contribution >= 4 is 5.97 Å². The molecule has 17 heavy (non-hydrogen) atoms. The average molecular weight is 241 g/mol. The van der Waals surface area contributed by atoms with Crippen LogP contribution in [0, 0.1) is 18.3 Å². The predicted octanol–water partition coefficient (Wildman–Crippen LogP) is 2.25. The molecule has 0 unspecified atom stereocenters. The van der Waals surface area contributed by atoms with Gasteiger partial charge in [-0.05, 0) is 24.6 Å². The Morgan fingerprint density at radius 3 is 2.59 bits per heavy atom. The van der Waals surface area contributed by atoms with Crippen molar-refractivity contribution in [1.82, 2.24) is 0 Å². The van der Waals surface area contributed by atoms with Crippen LogP contribution in [0.1, 0.15) is 21.5 Å². The molecule has 0 radical (unpaired) electrons. The van der Waals surface area contributed by atoms with Gasteiger partial charge < -0.3 is 9.47 Å². The summed E-state index contributed by atoms with van der Waals surface area (Å²) >= 11 is 0. The zero-order chi connectivity index (χ0) is 13.0. The number of esters is 1. The summed E-state index contributed by atoms with van der Waals surface area (Å²) in [7, 11) is 1.09. The summed E-state index contributed by atoms with van der Waals surface area (Å²) < 4.78 is 33.0. The Bertz CT molecular complexity index is 480. The number of rotatable bonds is 3. The molecule has 0 aliphatic heterocycles. The van der Waals surface area contributed by atoms with Crippen molar-refractivity contribution in [1.29, 1.82) is 5.26 Å². The summed E-state index contributed by atoms with van der Waals surface area (Å²) in [6, 6.07) is 4.38. The summed E-state index contributed by atoms with van der Waals surface area (Å²) in [5, 5.41) is 8.85. The number of hydrogen-bond acceptors (Lipinski definition) is 4. The summed E-state index contributed by atoms with van der Waals surface area (Å²) in [5.41, 5.74) is 0.179. The fourth-order valence-corrected chi connectivity index (χ4v) is 1.34. The number of alkyl halides is 2. The number of methoxy groups -OCH3 is 1. The van der Waals surface area contributed by atoms with E-state index in [1.807, 2.05) is 0 Å². The molecule has 90 valence electrons. The Hall–Kier alpha value is -2.16. The molecule has 0 amide bonds. The molecule has 0 heterocycles. The van der Waals surface area contributed by atoms with Crippen molar-refractivity contribution in [3.05, 3.63) is 28.8 Å². The molecule has 4 nitrogen and oxygen atoms in total. The van der Waals surface area contributed by atoms with E-state index < -0.39 is 12.6 Å². The van der Waals surface area contributed by atoms with Gasteiger partial charge in [0.25, 0.3) is 0 Å². The molecule has 0 N–H and O–H groups in total. The minimum absolute atomic E-state index is 0.0625. The van der Waals surface area contributed by atoms with Gasteiger partial charge >= 0.3 is 12.6 Å². The minimum Gasteiger partial charge on any atom is -0.465 e. The van der Waals surface area contributed by atoms with E-state index in [0.717, 1.165) is 7.11 Å². The van der Waals surface area contributed by atoms with Gasteiger partial charge in [0, 0.05) is 0 Å². The molecule has 0 atom stereocenters. The summed E-state index contributed by atoms with van der Waals surface area (Å²) in [6.45, 7) is -1.48. The first-order valence-electron chi connectivity index (χ1n) is 4.57. The van der Waals surface area contributed by atoms with Crippen LogP contribution in [0.25, 0.3) is 0 Å². The van der Waals surface area contributed by atoms with E-state index in [1.54, 1.807) is 13.0 Å². The van der Waals surface area contributed by atoms with Crippen LogP contribution in [0.4, 0.5) is 8.78 Å². The van der Waals surface area contributed by atoms with E-state index in [4.69, 9.17) is 5.26 Å². The van der Waals surface area contributed by atoms with Crippen LogP contribution in [0.2, 0.25) is 0 Å². The molecule has 6 heteroatoms. The number of ether oxygens (including phenoxy) is 2. The average Bonchev–Trinajstić information content (AvgIpc) is 2.26. The molecule has 0 spiro atoms. The second-order valence-electron chi connectivity index (χ2n) is 3.17. The summed E-state index contributed by atoms with van der Waals surface area (Å²) in [5.74, 6) is -1.25. The lowest BCUT2D eigenvalue weighted by atomic mass is 10.0. The van der Waals surface area contributed by atoms with E-state index >= 15 is 0 Å². The topological polar surface area (TPSA) is 59.3 Å². The van der Waals surface area contributed by atoms with Gasteiger partial charge in [0.2, 0.25) is 0 Å². The minimum atomic E-state index is -3.08. The molecule has 0 aromatic heterocycles. The van der Waals surface area contributed by atoms with Crippen LogP contribution in [0.3, 0.4) is 0 Å². The van der Waals surface area contributed by atoms with Crippen molar-refractivity contribution in [3.63, 3.8) is 0 Å². The fourth-order valence-electron chi connectivity index (χ4n) is 1.34. The SMILES string of the molecule is COC(=O)c1c(C#N)cc(C)cc1OC(F)F. The van der Waals surface area contributed by atoms with Crippen LogP contribution < -0.4 is 4.74 Å². The zero-order valence-corrected chi connectivity index (χ0v) is 9.16. The molecule has 1 aromatic rings. The smallest absolute Gasteiger partial charge is 0.387 e. The number of aryl methyl sites for hydroxylation is 1. The third-order valence-electron chi connectivity index (χ3n) is 1.97. The lowest BCUT2D eigenvalue weighted by molar-refractivity contribution is -0.0504. The maximum absolute atomic E-state index is 12.2. The molecule has 1 rings (SSSR count). The number of carbonyl (C=O) groups is 1. The number of carbonyl (C=O) groups excluding carboxylic acids is 1. The van der Waals surface area contributed by atoms with Crippen LogP contribution >= 0.6 is 0 Å². The second kappa shape index (κ2) is 5.25. The van der Waals surface area contributed by atoms with E-state index in [9.17, 15) is 13.6 Å². The Kier molecular flexibility index (Phi) is 3.99. The Labute approximate surface area is 96.4 Å². The molecular formula is C11H9F2NO3. The van der Waals surface area contributed by atoms with Crippen molar-refractivity contribution in [2.24, 2.45) is 0 Å². The highest BCUT2D eigenvalue weighted by Crippen LogP contribution is 2.26. The monoisotopic (exact) mass is 241 g/mol. The normalized spacial score (nSPS) is 9.88. The van der Waals surface area contributed by atoms with Crippen molar-refractivity contribution < 1.29 is 23.0 Å². The van der Waals surface area contributed by atoms with Gasteiger partial charge in [-0.1, -0.05) is 0 Å². The van der Waals surface area contributed by atoms with Crippen molar-refractivity contribution in [2.75, 3.05) is 7.11 Å². The van der Waals surface area contributed by atoms with Gasteiger partial charge in [-0.15, -0.1) is 0 Å². The maximum Gasteiger partial charge on any atom is 0.387 e. The van der Waals surface area contributed by atoms with Crippen LogP contribution in [-0.2, 0) is 4.74 Å². The highest BCUT2D eigenvalue weighted by molar-refractivity contribution is 5.95. The lowest BCUT2D eigenvalue weighted by Gasteiger charge is -2.11. The Morgan fingerprint density at radius 2 is 2.12 bits per heavy atom. The van der Waals surface area contributed by atoms with E-state index in [0.29, 0.717) is 5.56 Å². The highest BCUT2D eigenvalue weighted by Gasteiger charge is 2.21. The molecule has 0 saturated carbocycles. The molecule has 0 saturated heterocycles. The van der Waals surface area contributed by atoms with Gasteiger partial charge in [0.15, 0.2) is 0 Å². The van der Waals surface area contributed by atoms with Gasteiger partial charge in [0.05, 0.1) is 12.7 Å². The maximum atomic E-state index is 12.2. The molecule has 0 bridgehead atoms. The first-order chi connectivity index (χ1) is 7.99. The lowest BCUT2D eigenvalue weighted by Crippen LogP contribution is -2.11. The number of nitrogens with zero attached hydrogens (tertiary/aromatic N) is 1. The van der Waals surface area contributed by atoms with Gasteiger partial charge in [-0.25, -0.2) is 4.79 Å². The number of nitriles is 1. The molecule has 0 fully saturated rings. The molecule has 1 aromatic carbocycles. The first kappa shape index (κ1) is 12.9. The largest absolute Gasteiger partial charge is 0.465 e. The summed E-state index contributed by atoms with van der Waals surface area (Å²) in [4.78, 5) is 11.4. The summed E-state index contributed by atoms with van der Waals surface area (Å²) in [6.07, 6.45) is 0. The van der Waals surface area contributed by atoms with Gasteiger partial charge in [0.1, 0.15) is 17.4 Å². The first-order valence-corrected chi connectivity index (χ1v) is 4.57. The Balaban J connectivity index is 3.39. The third-order valence-corrected chi connectivity index (χ3v) is 1.97.